The van der Waals surface area contributed by atoms with E-state index in [1.807, 2.05) is 18.2 Å². The maximum atomic E-state index is 11.9. The first kappa shape index (κ1) is 15.4. The van der Waals surface area contributed by atoms with Crippen molar-refractivity contribution in [1.29, 1.82) is 0 Å². The van der Waals surface area contributed by atoms with Crippen molar-refractivity contribution < 1.29 is 18.3 Å². The molecule has 0 radical (unpaired) electrons. The zero-order chi connectivity index (χ0) is 14.5. The molecule has 104 valence electrons. The second-order valence-corrected chi connectivity index (χ2v) is 6.20. The summed E-state index contributed by atoms with van der Waals surface area (Å²) < 4.78 is 24.8. The Labute approximate surface area is 113 Å². The summed E-state index contributed by atoms with van der Waals surface area (Å²) in [5.41, 5.74) is 0.769. The third-order valence-electron chi connectivity index (χ3n) is 2.62. The highest BCUT2D eigenvalue weighted by Crippen LogP contribution is 2.08. The summed E-state index contributed by atoms with van der Waals surface area (Å²) >= 11 is 0. The van der Waals surface area contributed by atoms with Crippen LogP contribution in [0.3, 0.4) is 0 Å². The summed E-state index contributed by atoms with van der Waals surface area (Å²) in [4.78, 5) is 10.7. The van der Waals surface area contributed by atoms with Gasteiger partial charge in [0.15, 0.2) is 0 Å². The second kappa shape index (κ2) is 6.49. The van der Waals surface area contributed by atoms with Crippen LogP contribution >= 0.6 is 0 Å². The van der Waals surface area contributed by atoms with Crippen LogP contribution in [0.15, 0.2) is 35.7 Å². The third kappa shape index (κ3) is 4.84. The van der Waals surface area contributed by atoms with Gasteiger partial charge in [0, 0.05) is 19.0 Å². The van der Waals surface area contributed by atoms with Crippen molar-refractivity contribution in [1.82, 2.24) is 4.31 Å². The van der Waals surface area contributed by atoms with Gasteiger partial charge in [0.1, 0.15) is 0 Å². The van der Waals surface area contributed by atoms with Crippen molar-refractivity contribution in [3.8, 4) is 0 Å². The van der Waals surface area contributed by atoms with Crippen LogP contribution in [0.25, 0.3) is 6.08 Å². The zero-order valence-corrected chi connectivity index (χ0v) is 11.7. The van der Waals surface area contributed by atoms with E-state index in [-0.39, 0.29) is 6.54 Å². The lowest BCUT2D eigenvalue weighted by atomic mass is 10.2. The highest BCUT2D eigenvalue weighted by Gasteiger charge is 2.20. The summed E-state index contributed by atoms with van der Waals surface area (Å²) in [6.07, 6.45) is 1.48. The maximum Gasteiger partial charge on any atom is 0.307 e. The lowest BCUT2D eigenvalue weighted by Crippen LogP contribution is -2.32. The van der Waals surface area contributed by atoms with Crippen molar-refractivity contribution in [3.05, 3.63) is 41.3 Å². The van der Waals surface area contributed by atoms with E-state index in [0.29, 0.717) is 0 Å². The maximum absolute atomic E-state index is 11.9. The molecular formula is C13H17NO4S. The number of aliphatic carboxylic acids is 1. The molecule has 0 aromatic heterocycles. The summed E-state index contributed by atoms with van der Waals surface area (Å²) in [5.74, 6) is -1.76. The Morgan fingerprint density at radius 2 is 1.95 bits per heavy atom. The smallest absolute Gasteiger partial charge is 0.307 e. The SMILES string of the molecule is CC(CN(C)S(=O)(=O)C=Cc1ccccc1)C(=O)O. The molecule has 0 saturated carbocycles. The van der Waals surface area contributed by atoms with E-state index in [1.165, 1.54) is 20.0 Å². The molecule has 5 nitrogen and oxygen atoms in total. The van der Waals surface area contributed by atoms with Gasteiger partial charge in [-0.25, -0.2) is 12.7 Å². The number of nitrogens with zero attached hydrogens (tertiary/aromatic N) is 1. The van der Waals surface area contributed by atoms with Crippen LogP contribution in [-0.2, 0) is 14.8 Å². The molecule has 1 N–H and O–H groups in total. The summed E-state index contributed by atoms with van der Waals surface area (Å²) in [6, 6.07) is 9.02. The Bertz CT molecular complexity index is 551. The molecule has 1 unspecified atom stereocenters. The molecule has 0 heterocycles. The first-order valence-corrected chi connectivity index (χ1v) is 7.25. The fraction of sp³-hybridized carbons (Fsp3) is 0.308. The van der Waals surface area contributed by atoms with E-state index >= 15 is 0 Å². The standard InChI is InChI=1S/C13H17NO4S/c1-11(13(15)16)10-14(2)19(17,18)9-8-12-6-4-3-5-7-12/h3-9,11H,10H2,1-2H3,(H,15,16). The van der Waals surface area contributed by atoms with Gasteiger partial charge in [-0.3, -0.25) is 4.79 Å². The molecule has 0 aliphatic carbocycles. The number of rotatable bonds is 6. The molecule has 0 spiro atoms. The van der Waals surface area contributed by atoms with Gasteiger partial charge in [0.2, 0.25) is 10.0 Å². The quantitative estimate of drug-likeness (QED) is 0.861. The Morgan fingerprint density at radius 3 is 2.47 bits per heavy atom. The van der Waals surface area contributed by atoms with Gasteiger partial charge in [-0.05, 0) is 11.6 Å². The molecule has 1 aromatic carbocycles. The molecule has 1 rings (SSSR count). The van der Waals surface area contributed by atoms with Crippen molar-refractivity contribution in [2.45, 2.75) is 6.92 Å². The molecule has 0 fully saturated rings. The van der Waals surface area contributed by atoms with Crippen LogP contribution in [0.5, 0.6) is 0 Å². The molecule has 0 bridgehead atoms. The van der Waals surface area contributed by atoms with E-state index in [1.54, 1.807) is 12.1 Å². The van der Waals surface area contributed by atoms with Gasteiger partial charge in [0.25, 0.3) is 0 Å². The Balaban J connectivity index is 2.76. The number of carboxylic acids is 1. The van der Waals surface area contributed by atoms with Gasteiger partial charge in [0.05, 0.1) is 5.92 Å². The Hall–Kier alpha value is -1.66. The average molecular weight is 283 g/mol. The highest BCUT2D eigenvalue weighted by atomic mass is 32.2. The van der Waals surface area contributed by atoms with Gasteiger partial charge < -0.3 is 5.11 Å². The average Bonchev–Trinajstić information content (AvgIpc) is 2.37. The van der Waals surface area contributed by atoms with Gasteiger partial charge in [-0.15, -0.1) is 0 Å². The molecule has 19 heavy (non-hydrogen) atoms. The van der Waals surface area contributed by atoms with Crippen molar-refractivity contribution in [3.63, 3.8) is 0 Å². The minimum atomic E-state index is -3.60. The van der Waals surface area contributed by atoms with E-state index in [2.05, 4.69) is 0 Å². The number of carboxylic acid groups (broad SMARTS) is 1. The van der Waals surface area contributed by atoms with Crippen molar-refractivity contribution >= 4 is 22.1 Å². The number of carbonyl (C=O) groups is 1. The summed E-state index contributed by atoms with van der Waals surface area (Å²) in [5, 5.41) is 9.85. The minimum Gasteiger partial charge on any atom is -0.481 e. The molecule has 0 saturated heterocycles. The fourth-order valence-electron chi connectivity index (χ4n) is 1.40. The number of hydrogen-bond acceptors (Lipinski definition) is 3. The van der Waals surface area contributed by atoms with E-state index in [9.17, 15) is 13.2 Å². The number of hydrogen-bond donors (Lipinski definition) is 1. The Morgan fingerprint density at radius 1 is 1.37 bits per heavy atom. The van der Waals surface area contributed by atoms with Crippen LogP contribution in [0.2, 0.25) is 0 Å². The largest absolute Gasteiger partial charge is 0.481 e. The monoisotopic (exact) mass is 283 g/mol. The van der Waals surface area contributed by atoms with Crippen LogP contribution < -0.4 is 0 Å². The van der Waals surface area contributed by atoms with Crippen LogP contribution in [0.1, 0.15) is 12.5 Å². The normalized spacial score (nSPS) is 13.8. The van der Waals surface area contributed by atoms with E-state index in [0.717, 1.165) is 15.3 Å². The van der Waals surface area contributed by atoms with Gasteiger partial charge in [-0.1, -0.05) is 37.3 Å². The van der Waals surface area contributed by atoms with Crippen LogP contribution in [-0.4, -0.2) is 37.4 Å². The first-order valence-electron chi connectivity index (χ1n) is 5.75. The molecule has 1 aromatic rings. The minimum absolute atomic E-state index is 0.0587. The van der Waals surface area contributed by atoms with Crippen LogP contribution in [0.4, 0.5) is 0 Å². The highest BCUT2D eigenvalue weighted by molar-refractivity contribution is 7.92. The number of sulfonamides is 1. The van der Waals surface area contributed by atoms with Gasteiger partial charge in [-0.2, -0.15) is 0 Å². The molecule has 0 aliphatic heterocycles. The molecule has 6 heteroatoms. The molecule has 1 atom stereocenters. The van der Waals surface area contributed by atoms with Crippen molar-refractivity contribution in [2.75, 3.05) is 13.6 Å². The van der Waals surface area contributed by atoms with Crippen molar-refractivity contribution in [2.24, 2.45) is 5.92 Å². The fourth-order valence-corrected chi connectivity index (χ4v) is 2.37. The van der Waals surface area contributed by atoms with Gasteiger partial charge >= 0.3 is 5.97 Å². The first-order chi connectivity index (χ1) is 8.83. The third-order valence-corrected chi connectivity index (χ3v) is 4.12. The molecule has 0 aliphatic rings. The second-order valence-electron chi connectivity index (χ2n) is 4.28. The van der Waals surface area contributed by atoms with Crippen LogP contribution in [0, 0.1) is 5.92 Å². The van der Waals surface area contributed by atoms with E-state index < -0.39 is 21.9 Å². The topological polar surface area (TPSA) is 74.7 Å². The summed E-state index contributed by atoms with van der Waals surface area (Å²) in [7, 11) is -2.23. The predicted molar refractivity (Wildman–Crippen MR) is 73.8 cm³/mol. The predicted octanol–water partition coefficient (Wildman–Crippen LogP) is 1.64. The number of benzene rings is 1. The summed E-state index contributed by atoms with van der Waals surface area (Å²) in [6.45, 7) is 1.41. The molecular weight excluding hydrogens is 266 g/mol. The molecule has 0 amide bonds. The van der Waals surface area contributed by atoms with E-state index in [4.69, 9.17) is 5.11 Å². The zero-order valence-electron chi connectivity index (χ0n) is 10.9. The lowest BCUT2D eigenvalue weighted by molar-refractivity contribution is -0.141. The Kier molecular flexibility index (Phi) is 5.26. The lowest BCUT2D eigenvalue weighted by Gasteiger charge is -2.16.